The molecular formula is C14H18N4O. The number of amides is 1. The van der Waals surface area contributed by atoms with Crippen LogP contribution in [-0.4, -0.2) is 33.9 Å². The van der Waals surface area contributed by atoms with Gasteiger partial charge in [-0.1, -0.05) is 18.2 Å². The van der Waals surface area contributed by atoms with Crippen molar-refractivity contribution in [3.63, 3.8) is 0 Å². The highest BCUT2D eigenvalue weighted by atomic mass is 16.1. The van der Waals surface area contributed by atoms with Gasteiger partial charge < -0.3 is 5.73 Å². The number of hydrogen-bond acceptors (Lipinski definition) is 4. The van der Waals surface area contributed by atoms with Gasteiger partial charge in [0.2, 0.25) is 5.91 Å². The van der Waals surface area contributed by atoms with Crippen LogP contribution in [0.15, 0.2) is 24.3 Å². The lowest BCUT2D eigenvalue weighted by Crippen LogP contribution is -2.40. The summed E-state index contributed by atoms with van der Waals surface area (Å²) in [5.41, 5.74) is 7.16. The number of carbonyl (C=O) groups is 1. The molecule has 2 rings (SSSR count). The zero-order valence-electron chi connectivity index (χ0n) is 11.4. The molecule has 1 amide bonds. The van der Waals surface area contributed by atoms with Crippen LogP contribution in [-0.2, 0) is 11.3 Å². The highest BCUT2D eigenvalue weighted by Gasteiger charge is 2.16. The van der Waals surface area contributed by atoms with Crippen LogP contribution in [0, 0.1) is 6.92 Å². The number of nitrogens with zero attached hydrogens (tertiary/aromatic N) is 3. The first-order valence-corrected chi connectivity index (χ1v) is 6.21. The Balaban J connectivity index is 2.29. The molecule has 1 aromatic carbocycles. The second-order valence-electron chi connectivity index (χ2n) is 4.74. The van der Waals surface area contributed by atoms with Gasteiger partial charge in [-0.3, -0.25) is 9.69 Å². The molecule has 1 atom stereocenters. The number of nitrogens with two attached hydrogens (primary N) is 1. The minimum atomic E-state index is -0.347. The molecule has 100 valence electrons. The summed E-state index contributed by atoms with van der Waals surface area (Å²) in [6.45, 7) is 4.23. The van der Waals surface area contributed by atoms with E-state index in [2.05, 4.69) is 9.97 Å². The van der Waals surface area contributed by atoms with E-state index >= 15 is 0 Å². The smallest absolute Gasteiger partial charge is 0.234 e. The maximum absolute atomic E-state index is 11.1. The van der Waals surface area contributed by atoms with Gasteiger partial charge in [0.05, 0.1) is 18.1 Å². The van der Waals surface area contributed by atoms with Crippen LogP contribution in [0.4, 0.5) is 0 Å². The van der Waals surface area contributed by atoms with E-state index in [1.54, 1.807) is 6.92 Å². The third kappa shape index (κ3) is 2.88. The summed E-state index contributed by atoms with van der Waals surface area (Å²) in [4.78, 5) is 22.0. The fourth-order valence-corrected chi connectivity index (χ4v) is 1.94. The third-order valence-electron chi connectivity index (χ3n) is 3.30. The van der Waals surface area contributed by atoms with E-state index < -0.39 is 0 Å². The first-order valence-electron chi connectivity index (χ1n) is 6.21. The minimum absolute atomic E-state index is 0.338. The van der Waals surface area contributed by atoms with E-state index in [1.807, 2.05) is 43.1 Å². The highest BCUT2D eigenvalue weighted by Crippen LogP contribution is 2.15. The number of aromatic nitrogens is 2. The van der Waals surface area contributed by atoms with Crippen molar-refractivity contribution < 1.29 is 4.79 Å². The lowest BCUT2D eigenvalue weighted by Gasteiger charge is -2.21. The number of carbonyl (C=O) groups excluding carboxylic acids is 1. The van der Waals surface area contributed by atoms with Crippen LogP contribution >= 0.6 is 0 Å². The standard InChI is InChI=1S/C14H18N4O/c1-9-11-6-4-5-7-12(11)17-13(16-9)8-18(3)10(2)14(15)19/h4-7,10H,8H2,1-3H3,(H2,15,19)/t10-/m0/s1. The Bertz CT molecular complexity index is 611. The molecule has 2 N–H and O–H groups in total. The molecule has 0 aliphatic rings. The van der Waals surface area contributed by atoms with Crippen molar-refractivity contribution in [3.8, 4) is 0 Å². The number of aryl methyl sites for hydroxylation is 1. The summed E-state index contributed by atoms with van der Waals surface area (Å²) in [7, 11) is 1.84. The van der Waals surface area contributed by atoms with Crippen molar-refractivity contribution in [1.82, 2.24) is 14.9 Å². The number of likely N-dealkylation sites (N-methyl/N-ethyl adjacent to an activating group) is 1. The van der Waals surface area contributed by atoms with Crippen LogP contribution < -0.4 is 5.73 Å². The fraction of sp³-hybridized carbons (Fsp3) is 0.357. The summed E-state index contributed by atoms with van der Waals surface area (Å²) >= 11 is 0. The molecule has 5 heteroatoms. The van der Waals surface area contributed by atoms with Crippen molar-refractivity contribution in [1.29, 1.82) is 0 Å². The van der Waals surface area contributed by atoms with E-state index in [0.717, 1.165) is 16.6 Å². The van der Waals surface area contributed by atoms with Crippen molar-refractivity contribution in [2.45, 2.75) is 26.4 Å². The molecule has 0 aliphatic carbocycles. The molecule has 0 radical (unpaired) electrons. The van der Waals surface area contributed by atoms with E-state index in [4.69, 9.17) is 5.73 Å². The number of fused-ring (bicyclic) bond motifs is 1. The second-order valence-corrected chi connectivity index (χ2v) is 4.74. The summed E-state index contributed by atoms with van der Waals surface area (Å²) in [6, 6.07) is 7.55. The molecule has 0 fully saturated rings. The Morgan fingerprint density at radius 2 is 2.05 bits per heavy atom. The first-order chi connectivity index (χ1) is 8.99. The molecule has 19 heavy (non-hydrogen) atoms. The summed E-state index contributed by atoms with van der Waals surface area (Å²) in [5.74, 6) is 0.354. The average molecular weight is 258 g/mol. The number of para-hydroxylation sites is 1. The Morgan fingerprint density at radius 1 is 1.37 bits per heavy atom. The number of hydrogen-bond donors (Lipinski definition) is 1. The summed E-state index contributed by atoms with van der Waals surface area (Å²) in [6.07, 6.45) is 0. The molecule has 1 aromatic heterocycles. The Hall–Kier alpha value is -2.01. The summed E-state index contributed by atoms with van der Waals surface area (Å²) in [5, 5.41) is 1.05. The minimum Gasteiger partial charge on any atom is -0.368 e. The van der Waals surface area contributed by atoms with Gasteiger partial charge in [0.25, 0.3) is 0 Å². The molecule has 0 unspecified atom stereocenters. The van der Waals surface area contributed by atoms with Gasteiger partial charge in [-0.05, 0) is 27.0 Å². The molecule has 0 saturated heterocycles. The van der Waals surface area contributed by atoms with Crippen LogP contribution in [0.3, 0.4) is 0 Å². The monoisotopic (exact) mass is 258 g/mol. The van der Waals surface area contributed by atoms with Crippen LogP contribution in [0.2, 0.25) is 0 Å². The topological polar surface area (TPSA) is 72.1 Å². The zero-order valence-corrected chi connectivity index (χ0v) is 11.4. The maximum Gasteiger partial charge on any atom is 0.234 e. The van der Waals surface area contributed by atoms with Crippen molar-refractivity contribution in [3.05, 3.63) is 35.8 Å². The first kappa shape index (κ1) is 13.4. The molecule has 0 bridgehead atoms. The largest absolute Gasteiger partial charge is 0.368 e. The van der Waals surface area contributed by atoms with E-state index in [1.165, 1.54) is 0 Å². The number of rotatable bonds is 4. The lowest BCUT2D eigenvalue weighted by molar-refractivity contribution is -0.122. The zero-order chi connectivity index (χ0) is 14.0. The average Bonchev–Trinajstić information content (AvgIpc) is 2.37. The van der Waals surface area contributed by atoms with Gasteiger partial charge in [-0.15, -0.1) is 0 Å². The van der Waals surface area contributed by atoms with Gasteiger partial charge >= 0.3 is 0 Å². The molecule has 1 heterocycles. The Morgan fingerprint density at radius 3 is 2.74 bits per heavy atom. The van der Waals surface area contributed by atoms with E-state index in [-0.39, 0.29) is 11.9 Å². The molecule has 5 nitrogen and oxygen atoms in total. The highest BCUT2D eigenvalue weighted by molar-refractivity contribution is 5.80. The normalized spacial score (nSPS) is 12.8. The molecule has 0 saturated carbocycles. The quantitative estimate of drug-likeness (QED) is 0.895. The van der Waals surface area contributed by atoms with E-state index in [0.29, 0.717) is 12.4 Å². The molecule has 0 aliphatic heterocycles. The Kier molecular flexibility index (Phi) is 3.76. The van der Waals surface area contributed by atoms with Gasteiger partial charge in [0.15, 0.2) is 0 Å². The van der Waals surface area contributed by atoms with E-state index in [9.17, 15) is 4.79 Å². The van der Waals surface area contributed by atoms with Gasteiger partial charge in [-0.25, -0.2) is 9.97 Å². The molecule has 0 spiro atoms. The molecule has 2 aromatic rings. The third-order valence-corrected chi connectivity index (χ3v) is 3.30. The summed E-state index contributed by atoms with van der Waals surface area (Å²) < 4.78 is 0. The van der Waals surface area contributed by atoms with Crippen molar-refractivity contribution >= 4 is 16.8 Å². The van der Waals surface area contributed by atoms with Crippen LogP contribution in [0.25, 0.3) is 10.9 Å². The predicted octanol–water partition coefficient (Wildman–Crippen LogP) is 1.24. The fourth-order valence-electron chi connectivity index (χ4n) is 1.94. The number of primary amides is 1. The van der Waals surface area contributed by atoms with Crippen LogP contribution in [0.1, 0.15) is 18.4 Å². The van der Waals surface area contributed by atoms with Gasteiger partial charge in [0.1, 0.15) is 5.82 Å². The second kappa shape index (κ2) is 5.32. The maximum atomic E-state index is 11.1. The lowest BCUT2D eigenvalue weighted by atomic mass is 10.2. The van der Waals surface area contributed by atoms with Crippen LogP contribution in [0.5, 0.6) is 0 Å². The van der Waals surface area contributed by atoms with Crippen molar-refractivity contribution in [2.24, 2.45) is 5.73 Å². The SMILES string of the molecule is Cc1nc(CN(C)[C@@H](C)C(N)=O)nc2ccccc12. The number of benzene rings is 1. The molecular weight excluding hydrogens is 240 g/mol. The van der Waals surface area contributed by atoms with Crippen molar-refractivity contribution in [2.75, 3.05) is 7.05 Å². The van der Waals surface area contributed by atoms with Gasteiger partial charge in [-0.2, -0.15) is 0 Å². The predicted molar refractivity (Wildman–Crippen MR) is 74.4 cm³/mol. The van der Waals surface area contributed by atoms with Gasteiger partial charge in [0, 0.05) is 11.1 Å². The Labute approximate surface area is 112 Å².